The van der Waals surface area contributed by atoms with Crippen molar-refractivity contribution in [1.82, 2.24) is 19.6 Å². The quantitative estimate of drug-likeness (QED) is 0.376. The SMILES string of the molecule is Cc1ccc(-c2cc(C(F)F)nc3sc(C(N)=O)c(NC(=O)c4cc5ncccn5n4)c23)s1. The van der Waals surface area contributed by atoms with Crippen molar-refractivity contribution in [2.24, 2.45) is 5.73 Å². The highest BCUT2D eigenvalue weighted by molar-refractivity contribution is 7.21. The van der Waals surface area contributed by atoms with Crippen LogP contribution in [-0.4, -0.2) is 31.4 Å². The molecule has 0 saturated heterocycles. The maximum absolute atomic E-state index is 13.6. The van der Waals surface area contributed by atoms with Gasteiger partial charge in [-0.1, -0.05) is 0 Å². The smallest absolute Gasteiger partial charge is 0.280 e. The molecule has 0 aromatic carbocycles. The topological polar surface area (TPSA) is 115 Å². The Morgan fingerprint density at radius 1 is 1.21 bits per heavy atom. The van der Waals surface area contributed by atoms with Crippen molar-refractivity contribution >= 4 is 56.0 Å². The predicted octanol–water partition coefficient (Wildman–Crippen LogP) is 4.66. The van der Waals surface area contributed by atoms with Crippen LogP contribution in [0.5, 0.6) is 0 Å². The predicted molar refractivity (Wildman–Crippen MR) is 122 cm³/mol. The van der Waals surface area contributed by atoms with E-state index in [2.05, 4.69) is 20.4 Å². The fourth-order valence-corrected chi connectivity index (χ4v) is 5.32. The van der Waals surface area contributed by atoms with Crippen LogP contribution in [0.2, 0.25) is 0 Å². The van der Waals surface area contributed by atoms with E-state index in [0.717, 1.165) is 16.2 Å². The van der Waals surface area contributed by atoms with E-state index in [1.807, 2.05) is 13.0 Å². The van der Waals surface area contributed by atoms with Crippen LogP contribution in [0, 0.1) is 6.92 Å². The van der Waals surface area contributed by atoms with E-state index in [1.54, 1.807) is 24.5 Å². The van der Waals surface area contributed by atoms with Gasteiger partial charge in [-0.25, -0.2) is 23.3 Å². The first-order chi connectivity index (χ1) is 15.8. The molecule has 5 aromatic heterocycles. The molecule has 0 unspecified atom stereocenters. The highest BCUT2D eigenvalue weighted by Gasteiger charge is 2.26. The second-order valence-corrected chi connectivity index (χ2v) is 9.35. The van der Waals surface area contributed by atoms with E-state index in [1.165, 1.54) is 28.0 Å². The van der Waals surface area contributed by atoms with Gasteiger partial charge in [-0.15, -0.1) is 22.7 Å². The number of fused-ring (bicyclic) bond motifs is 2. The van der Waals surface area contributed by atoms with E-state index in [4.69, 9.17) is 5.73 Å². The summed E-state index contributed by atoms with van der Waals surface area (Å²) < 4.78 is 28.6. The van der Waals surface area contributed by atoms with Gasteiger partial charge >= 0.3 is 0 Å². The molecule has 0 aliphatic rings. The number of carbonyl (C=O) groups excluding carboxylic acids is 2. The number of primary amides is 1. The van der Waals surface area contributed by atoms with E-state index in [-0.39, 0.29) is 21.1 Å². The fraction of sp³-hybridized carbons (Fsp3) is 0.0952. The van der Waals surface area contributed by atoms with Crippen molar-refractivity contribution in [2.45, 2.75) is 13.3 Å². The number of anilines is 1. The minimum Gasteiger partial charge on any atom is -0.365 e. The number of amides is 2. The number of nitrogens with one attached hydrogen (secondary N) is 1. The molecule has 0 aliphatic heterocycles. The third-order valence-electron chi connectivity index (χ3n) is 4.84. The lowest BCUT2D eigenvalue weighted by Crippen LogP contribution is -2.17. The van der Waals surface area contributed by atoms with Crippen LogP contribution >= 0.6 is 22.7 Å². The number of hydrogen-bond donors (Lipinski definition) is 2. The van der Waals surface area contributed by atoms with Gasteiger partial charge in [0.15, 0.2) is 11.3 Å². The minimum atomic E-state index is -2.81. The van der Waals surface area contributed by atoms with E-state index in [9.17, 15) is 18.4 Å². The second-order valence-electron chi connectivity index (χ2n) is 7.06. The summed E-state index contributed by atoms with van der Waals surface area (Å²) in [5.74, 6) is -1.41. The summed E-state index contributed by atoms with van der Waals surface area (Å²) in [7, 11) is 0. The molecule has 0 aliphatic carbocycles. The van der Waals surface area contributed by atoms with Gasteiger partial charge < -0.3 is 11.1 Å². The molecule has 0 atom stereocenters. The van der Waals surface area contributed by atoms with Crippen molar-refractivity contribution in [1.29, 1.82) is 0 Å². The lowest BCUT2D eigenvalue weighted by Gasteiger charge is -2.09. The lowest BCUT2D eigenvalue weighted by molar-refractivity contribution is 0.100. The number of hydrogen-bond acceptors (Lipinski definition) is 7. The molecule has 0 spiro atoms. The fourth-order valence-electron chi connectivity index (χ4n) is 3.41. The van der Waals surface area contributed by atoms with Gasteiger partial charge in [0, 0.05) is 39.2 Å². The van der Waals surface area contributed by atoms with Crippen LogP contribution in [-0.2, 0) is 0 Å². The van der Waals surface area contributed by atoms with Gasteiger partial charge in [0.25, 0.3) is 18.2 Å². The van der Waals surface area contributed by atoms with Crippen molar-refractivity contribution in [3.63, 3.8) is 0 Å². The van der Waals surface area contributed by atoms with Crippen LogP contribution in [0.25, 0.3) is 26.3 Å². The first-order valence-corrected chi connectivity index (χ1v) is 11.2. The standard InChI is InChI=1S/C21H14F2N6O2S2/c1-9-3-4-13(32-9)10-7-11(18(22)23)26-21-15(10)16(17(33-21)19(24)30)27-20(31)12-8-14-25-5-2-6-29(14)28-12/h2-8,18H,1H3,(H2,24,30)(H,27,31). The molecule has 0 fully saturated rings. The third-order valence-corrected chi connectivity index (χ3v) is 6.97. The van der Waals surface area contributed by atoms with Gasteiger partial charge in [0.05, 0.1) is 5.69 Å². The van der Waals surface area contributed by atoms with Crippen molar-refractivity contribution in [3.05, 3.63) is 63.9 Å². The highest BCUT2D eigenvalue weighted by Crippen LogP contribution is 2.44. The normalized spacial score (nSPS) is 11.5. The summed E-state index contributed by atoms with van der Waals surface area (Å²) in [5, 5.41) is 7.26. The number of aryl methyl sites for hydroxylation is 1. The molecule has 5 heterocycles. The first-order valence-electron chi connectivity index (χ1n) is 9.56. The zero-order valence-corrected chi connectivity index (χ0v) is 18.5. The molecule has 8 nitrogen and oxygen atoms in total. The van der Waals surface area contributed by atoms with Gasteiger partial charge in [-0.05, 0) is 31.2 Å². The Morgan fingerprint density at radius 2 is 2.03 bits per heavy atom. The van der Waals surface area contributed by atoms with Crippen LogP contribution in [0.1, 0.15) is 37.2 Å². The number of thiophene rings is 2. The van der Waals surface area contributed by atoms with Crippen LogP contribution in [0.3, 0.4) is 0 Å². The van der Waals surface area contributed by atoms with Gasteiger partial charge in [-0.3, -0.25) is 9.59 Å². The average molecular weight is 485 g/mol. The Labute approximate surface area is 192 Å². The number of pyridine rings is 1. The summed E-state index contributed by atoms with van der Waals surface area (Å²) in [6.07, 6.45) is 0.399. The number of nitrogens with zero attached hydrogens (tertiary/aromatic N) is 4. The molecule has 166 valence electrons. The zero-order valence-electron chi connectivity index (χ0n) is 16.9. The number of halogens is 2. The first kappa shape index (κ1) is 21.1. The number of carbonyl (C=O) groups is 2. The van der Waals surface area contributed by atoms with Crippen molar-refractivity contribution in [3.8, 4) is 10.4 Å². The summed E-state index contributed by atoms with van der Waals surface area (Å²) >= 11 is 2.25. The molecule has 5 aromatic rings. The molecule has 3 N–H and O–H groups in total. The van der Waals surface area contributed by atoms with Crippen LogP contribution in [0.4, 0.5) is 14.5 Å². The Morgan fingerprint density at radius 3 is 2.70 bits per heavy atom. The second kappa shape index (κ2) is 7.98. The van der Waals surface area contributed by atoms with Crippen molar-refractivity contribution in [2.75, 3.05) is 5.32 Å². The third kappa shape index (κ3) is 3.72. The molecule has 0 bridgehead atoms. The van der Waals surface area contributed by atoms with Crippen LogP contribution < -0.4 is 11.1 Å². The van der Waals surface area contributed by atoms with Gasteiger partial charge in [0.2, 0.25) is 0 Å². The zero-order chi connectivity index (χ0) is 23.3. The summed E-state index contributed by atoms with van der Waals surface area (Å²) in [4.78, 5) is 35.2. The molecule has 5 rings (SSSR count). The number of nitrogens with two attached hydrogens (primary N) is 1. The Hall–Kier alpha value is -3.77. The maximum atomic E-state index is 13.6. The van der Waals surface area contributed by atoms with Crippen LogP contribution in [0.15, 0.2) is 42.7 Å². The van der Waals surface area contributed by atoms with E-state index >= 15 is 0 Å². The largest absolute Gasteiger partial charge is 0.365 e. The maximum Gasteiger partial charge on any atom is 0.280 e. The molecular formula is C21H14F2N6O2S2. The summed E-state index contributed by atoms with van der Waals surface area (Å²) in [6, 6.07) is 8.09. The highest BCUT2D eigenvalue weighted by atomic mass is 32.1. The Bertz CT molecular complexity index is 1520. The molecule has 0 saturated carbocycles. The molecule has 0 radical (unpaired) electrons. The molecule has 2 amide bonds. The van der Waals surface area contributed by atoms with Gasteiger partial charge in [-0.2, -0.15) is 5.10 Å². The van der Waals surface area contributed by atoms with E-state index < -0.39 is 23.9 Å². The monoisotopic (exact) mass is 484 g/mol. The molecule has 12 heteroatoms. The molecular weight excluding hydrogens is 470 g/mol. The summed E-state index contributed by atoms with van der Waals surface area (Å²) in [5.41, 5.74) is 6.22. The van der Waals surface area contributed by atoms with Crippen molar-refractivity contribution < 1.29 is 18.4 Å². The molecule has 33 heavy (non-hydrogen) atoms. The number of alkyl halides is 2. The average Bonchev–Trinajstić information content (AvgIpc) is 3.49. The summed E-state index contributed by atoms with van der Waals surface area (Å²) in [6.45, 7) is 1.89. The minimum absolute atomic E-state index is 0.00804. The number of rotatable bonds is 5. The van der Waals surface area contributed by atoms with Gasteiger partial charge in [0.1, 0.15) is 15.4 Å². The Balaban J connectivity index is 1.70. The van der Waals surface area contributed by atoms with E-state index in [0.29, 0.717) is 21.5 Å². The lowest BCUT2D eigenvalue weighted by atomic mass is 10.1. The Kier molecular flexibility index (Phi) is 5.10. The number of aromatic nitrogens is 4.